The smallest absolute Gasteiger partial charge is 0.323 e. The number of sulfonamides is 1. The number of thiophene rings is 1. The summed E-state index contributed by atoms with van der Waals surface area (Å²) in [5.74, 6) is 0.440. The summed E-state index contributed by atoms with van der Waals surface area (Å²) < 4.78 is 26.9. The Labute approximate surface area is 118 Å². The van der Waals surface area contributed by atoms with Crippen molar-refractivity contribution in [2.75, 3.05) is 13.1 Å². The van der Waals surface area contributed by atoms with Gasteiger partial charge in [-0.2, -0.15) is 0 Å². The molecule has 5 nitrogen and oxygen atoms in total. The molecule has 0 spiro atoms. The van der Waals surface area contributed by atoms with Crippen LogP contribution in [0.1, 0.15) is 11.8 Å². The highest BCUT2D eigenvalue weighted by atomic mass is 79.9. The number of carbonyl (C=O) groups excluding carboxylic acids is 1. The van der Waals surface area contributed by atoms with Gasteiger partial charge in [-0.05, 0) is 34.8 Å². The number of likely N-dealkylation sites (tertiary alicyclic amines) is 1. The van der Waals surface area contributed by atoms with Crippen molar-refractivity contribution in [3.63, 3.8) is 0 Å². The molecule has 2 amide bonds. The number of hydrogen-bond donors (Lipinski definition) is 1. The molecule has 0 atom stereocenters. The van der Waals surface area contributed by atoms with Gasteiger partial charge in [-0.25, -0.2) is 17.9 Å². The van der Waals surface area contributed by atoms with E-state index < -0.39 is 16.1 Å². The van der Waals surface area contributed by atoms with Crippen molar-refractivity contribution in [3.05, 3.63) is 14.7 Å². The Morgan fingerprint density at radius 2 is 2.17 bits per heavy atom. The summed E-state index contributed by atoms with van der Waals surface area (Å²) in [5, 5.41) is 0. The van der Waals surface area contributed by atoms with E-state index in [4.69, 9.17) is 0 Å². The standard InChI is InChI=1S/C10H13BrN2O3S2/c1-6-4-13(5-6)10(14)12-18(15,16)8-3-9(11)17-7(8)2/h3,6H,4-5H2,1-2H3,(H,12,14). The number of urea groups is 1. The number of amides is 2. The highest BCUT2D eigenvalue weighted by molar-refractivity contribution is 9.11. The third-order valence-corrected chi connectivity index (χ3v) is 5.83. The van der Waals surface area contributed by atoms with Crippen LogP contribution < -0.4 is 4.72 Å². The number of halogens is 1. The van der Waals surface area contributed by atoms with E-state index in [0.29, 0.717) is 23.9 Å². The molecule has 2 rings (SSSR count). The van der Waals surface area contributed by atoms with Gasteiger partial charge in [0.1, 0.15) is 4.90 Å². The van der Waals surface area contributed by atoms with Gasteiger partial charge in [0.15, 0.2) is 0 Å². The second-order valence-electron chi connectivity index (χ2n) is 4.39. The van der Waals surface area contributed by atoms with Crippen molar-refractivity contribution in [1.29, 1.82) is 0 Å². The lowest BCUT2D eigenvalue weighted by molar-refractivity contribution is 0.134. The molecule has 18 heavy (non-hydrogen) atoms. The minimum absolute atomic E-state index is 0.154. The molecule has 8 heteroatoms. The zero-order valence-corrected chi connectivity index (χ0v) is 13.2. The van der Waals surface area contributed by atoms with Crippen LogP contribution >= 0.6 is 27.3 Å². The van der Waals surface area contributed by atoms with E-state index in [9.17, 15) is 13.2 Å². The highest BCUT2D eigenvalue weighted by Gasteiger charge is 2.31. The molecule has 1 aliphatic heterocycles. The Bertz CT molecular complexity index is 576. The topological polar surface area (TPSA) is 66.5 Å². The first-order valence-corrected chi connectivity index (χ1v) is 8.46. The fourth-order valence-corrected chi connectivity index (χ4v) is 5.18. The summed E-state index contributed by atoms with van der Waals surface area (Å²) in [7, 11) is -3.77. The van der Waals surface area contributed by atoms with Crippen LogP contribution in [0.2, 0.25) is 0 Å². The van der Waals surface area contributed by atoms with Gasteiger partial charge in [0.2, 0.25) is 0 Å². The van der Waals surface area contributed by atoms with Gasteiger partial charge in [-0.3, -0.25) is 0 Å². The van der Waals surface area contributed by atoms with Gasteiger partial charge >= 0.3 is 6.03 Å². The number of aryl methyl sites for hydroxylation is 1. The maximum atomic E-state index is 12.0. The van der Waals surface area contributed by atoms with E-state index in [0.717, 1.165) is 3.79 Å². The summed E-state index contributed by atoms with van der Waals surface area (Å²) in [6.45, 7) is 4.93. The van der Waals surface area contributed by atoms with E-state index >= 15 is 0 Å². The van der Waals surface area contributed by atoms with Crippen molar-refractivity contribution < 1.29 is 13.2 Å². The molecule has 0 unspecified atom stereocenters. The predicted molar refractivity (Wildman–Crippen MR) is 73.2 cm³/mol. The molecule has 2 heterocycles. The van der Waals surface area contributed by atoms with Crippen molar-refractivity contribution >= 4 is 43.3 Å². The van der Waals surface area contributed by atoms with Crippen molar-refractivity contribution in [2.24, 2.45) is 5.92 Å². The zero-order chi connectivity index (χ0) is 13.5. The van der Waals surface area contributed by atoms with E-state index in [2.05, 4.69) is 20.7 Å². The minimum Gasteiger partial charge on any atom is -0.323 e. The average molecular weight is 353 g/mol. The van der Waals surface area contributed by atoms with Gasteiger partial charge in [-0.15, -0.1) is 11.3 Å². The lowest BCUT2D eigenvalue weighted by Gasteiger charge is -2.36. The third-order valence-electron chi connectivity index (χ3n) is 2.70. The molecule has 0 bridgehead atoms. The first kappa shape index (κ1) is 13.8. The molecule has 0 radical (unpaired) electrons. The zero-order valence-electron chi connectivity index (χ0n) is 9.94. The lowest BCUT2D eigenvalue weighted by Crippen LogP contribution is -2.53. The summed E-state index contributed by atoms with van der Waals surface area (Å²) in [6.07, 6.45) is 0. The van der Waals surface area contributed by atoms with E-state index in [1.807, 2.05) is 6.92 Å². The Kier molecular flexibility index (Phi) is 3.70. The van der Waals surface area contributed by atoms with Gasteiger partial charge < -0.3 is 4.90 Å². The molecule has 1 N–H and O–H groups in total. The molecule has 0 aliphatic carbocycles. The van der Waals surface area contributed by atoms with Crippen LogP contribution in [0.3, 0.4) is 0 Å². The van der Waals surface area contributed by atoms with Crippen LogP contribution in [-0.2, 0) is 10.0 Å². The van der Waals surface area contributed by atoms with Crippen LogP contribution in [-0.4, -0.2) is 32.4 Å². The largest absolute Gasteiger partial charge is 0.331 e. The number of nitrogens with one attached hydrogen (secondary N) is 1. The average Bonchev–Trinajstić information content (AvgIpc) is 2.53. The van der Waals surface area contributed by atoms with Crippen LogP contribution in [0.25, 0.3) is 0 Å². The van der Waals surface area contributed by atoms with E-state index in [-0.39, 0.29) is 4.90 Å². The van der Waals surface area contributed by atoms with Gasteiger partial charge in [0.25, 0.3) is 10.0 Å². The Hall–Kier alpha value is -0.600. The van der Waals surface area contributed by atoms with Gasteiger partial charge in [-0.1, -0.05) is 6.92 Å². The fourth-order valence-electron chi connectivity index (χ4n) is 1.80. The lowest BCUT2D eigenvalue weighted by atomic mass is 10.0. The second-order valence-corrected chi connectivity index (χ2v) is 8.68. The maximum absolute atomic E-state index is 12.0. The molecule has 1 aromatic rings. The van der Waals surface area contributed by atoms with Crippen LogP contribution in [0.15, 0.2) is 14.7 Å². The molecule has 100 valence electrons. The molecule has 1 fully saturated rings. The molecule has 1 aromatic heterocycles. The number of nitrogens with zero attached hydrogens (tertiary/aromatic N) is 1. The Morgan fingerprint density at radius 3 is 2.61 bits per heavy atom. The normalized spacial score (nSPS) is 16.5. The summed E-state index contributed by atoms with van der Waals surface area (Å²) >= 11 is 4.56. The van der Waals surface area contributed by atoms with E-state index in [1.165, 1.54) is 22.3 Å². The van der Waals surface area contributed by atoms with Gasteiger partial charge in [0, 0.05) is 18.0 Å². The Morgan fingerprint density at radius 1 is 1.56 bits per heavy atom. The molecule has 1 saturated heterocycles. The molecular weight excluding hydrogens is 340 g/mol. The molecular formula is C10H13BrN2O3S2. The molecule has 0 aromatic carbocycles. The van der Waals surface area contributed by atoms with Crippen LogP contribution in [0.4, 0.5) is 4.79 Å². The van der Waals surface area contributed by atoms with Crippen LogP contribution in [0.5, 0.6) is 0 Å². The highest BCUT2D eigenvalue weighted by Crippen LogP contribution is 2.29. The van der Waals surface area contributed by atoms with Crippen LogP contribution in [0, 0.1) is 12.8 Å². The predicted octanol–water partition coefficient (Wildman–Crippen LogP) is 2.17. The SMILES string of the molecule is Cc1sc(Br)cc1S(=O)(=O)NC(=O)N1CC(C)C1. The first-order chi connectivity index (χ1) is 8.29. The maximum Gasteiger partial charge on any atom is 0.331 e. The first-order valence-electron chi connectivity index (χ1n) is 5.37. The minimum atomic E-state index is -3.77. The summed E-state index contributed by atoms with van der Waals surface area (Å²) in [5.41, 5.74) is 0. The molecule has 1 aliphatic rings. The van der Waals surface area contributed by atoms with Crippen molar-refractivity contribution in [1.82, 2.24) is 9.62 Å². The third kappa shape index (κ3) is 2.70. The Balaban J connectivity index is 2.13. The van der Waals surface area contributed by atoms with Gasteiger partial charge in [0.05, 0.1) is 3.79 Å². The monoisotopic (exact) mass is 352 g/mol. The summed E-state index contributed by atoms with van der Waals surface area (Å²) in [6, 6.07) is 0.962. The molecule has 0 saturated carbocycles. The van der Waals surface area contributed by atoms with E-state index in [1.54, 1.807) is 6.92 Å². The number of carbonyl (C=O) groups is 1. The van der Waals surface area contributed by atoms with Crippen molar-refractivity contribution in [2.45, 2.75) is 18.7 Å². The second kappa shape index (κ2) is 4.82. The van der Waals surface area contributed by atoms with Crippen molar-refractivity contribution in [3.8, 4) is 0 Å². The number of rotatable bonds is 2. The fraction of sp³-hybridized carbons (Fsp3) is 0.500. The number of hydrogen-bond acceptors (Lipinski definition) is 4. The summed E-state index contributed by atoms with van der Waals surface area (Å²) in [4.78, 5) is 14.0. The quantitative estimate of drug-likeness (QED) is 0.886.